The summed E-state index contributed by atoms with van der Waals surface area (Å²) < 4.78 is 5.25. The van der Waals surface area contributed by atoms with E-state index in [-0.39, 0.29) is 6.03 Å². The average Bonchev–Trinajstić information content (AvgIpc) is 2.83. The molecule has 5 heteroatoms. The number of amides is 2. The molecule has 2 rings (SSSR count). The molecule has 2 N–H and O–H groups in total. The molecule has 1 heterocycles. The highest BCUT2D eigenvalue weighted by Gasteiger charge is 2.16. The minimum Gasteiger partial charge on any atom is -0.381 e. The van der Waals surface area contributed by atoms with Crippen LogP contribution < -0.4 is 10.6 Å². The summed E-state index contributed by atoms with van der Waals surface area (Å²) in [6.45, 7) is 4.09. The molecule has 1 atom stereocenters. The van der Waals surface area contributed by atoms with Crippen LogP contribution in [0.4, 0.5) is 10.5 Å². The number of aryl methyl sites for hydroxylation is 1. The second-order valence-corrected chi connectivity index (χ2v) is 4.96. The molecule has 1 saturated heterocycles. The minimum atomic E-state index is -0.188. The first-order chi connectivity index (χ1) is 8.65. The van der Waals surface area contributed by atoms with E-state index in [1.54, 1.807) is 12.1 Å². The fraction of sp³-hybridized carbons (Fsp3) is 0.462. The van der Waals surface area contributed by atoms with Gasteiger partial charge in [-0.1, -0.05) is 11.6 Å². The maximum absolute atomic E-state index is 11.7. The molecular formula is C13H17ClN2O2. The molecule has 1 aromatic rings. The number of urea groups is 1. The van der Waals surface area contributed by atoms with Crippen LogP contribution in [0.1, 0.15) is 12.0 Å². The van der Waals surface area contributed by atoms with Gasteiger partial charge < -0.3 is 15.4 Å². The van der Waals surface area contributed by atoms with Gasteiger partial charge in [0.05, 0.1) is 6.61 Å². The number of carbonyl (C=O) groups is 1. The number of nitrogens with one attached hydrogen (secondary N) is 2. The Morgan fingerprint density at radius 3 is 3.06 bits per heavy atom. The highest BCUT2D eigenvalue weighted by atomic mass is 35.5. The summed E-state index contributed by atoms with van der Waals surface area (Å²) in [7, 11) is 0. The predicted molar refractivity (Wildman–Crippen MR) is 72.1 cm³/mol. The summed E-state index contributed by atoms with van der Waals surface area (Å²) in [5, 5.41) is 6.33. The zero-order valence-electron chi connectivity index (χ0n) is 10.3. The third-order valence-electron chi connectivity index (χ3n) is 3.01. The van der Waals surface area contributed by atoms with Crippen molar-refractivity contribution in [2.24, 2.45) is 5.92 Å². The zero-order valence-corrected chi connectivity index (χ0v) is 11.1. The molecule has 0 radical (unpaired) electrons. The first-order valence-electron chi connectivity index (χ1n) is 6.04. The summed E-state index contributed by atoms with van der Waals surface area (Å²) in [5.74, 6) is 0.432. The summed E-state index contributed by atoms with van der Waals surface area (Å²) >= 11 is 5.86. The van der Waals surface area contributed by atoms with Gasteiger partial charge in [0.2, 0.25) is 0 Å². The first kappa shape index (κ1) is 13.2. The van der Waals surface area contributed by atoms with Gasteiger partial charge in [-0.2, -0.15) is 0 Å². The lowest BCUT2D eigenvalue weighted by Crippen LogP contribution is -2.33. The van der Waals surface area contributed by atoms with Crippen molar-refractivity contribution >= 4 is 23.3 Å². The van der Waals surface area contributed by atoms with E-state index in [2.05, 4.69) is 10.6 Å². The third-order valence-corrected chi connectivity index (χ3v) is 3.25. The van der Waals surface area contributed by atoms with Gasteiger partial charge in [-0.05, 0) is 37.1 Å². The van der Waals surface area contributed by atoms with Crippen LogP contribution in [0.2, 0.25) is 5.02 Å². The lowest BCUT2D eigenvalue weighted by atomic mass is 10.1. The van der Waals surface area contributed by atoms with Crippen LogP contribution in [-0.2, 0) is 4.74 Å². The van der Waals surface area contributed by atoms with Gasteiger partial charge in [-0.3, -0.25) is 0 Å². The van der Waals surface area contributed by atoms with Gasteiger partial charge in [0, 0.05) is 29.8 Å². The number of hydrogen-bond acceptors (Lipinski definition) is 2. The molecule has 0 bridgehead atoms. The minimum absolute atomic E-state index is 0.188. The van der Waals surface area contributed by atoms with E-state index in [9.17, 15) is 4.79 Å². The van der Waals surface area contributed by atoms with E-state index >= 15 is 0 Å². The van der Waals surface area contributed by atoms with Gasteiger partial charge in [-0.15, -0.1) is 0 Å². The number of hydrogen-bond donors (Lipinski definition) is 2. The normalized spacial score (nSPS) is 18.7. The van der Waals surface area contributed by atoms with Crippen LogP contribution in [0.25, 0.3) is 0 Å². The molecule has 0 aromatic heterocycles. The van der Waals surface area contributed by atoms with Crippen molar-refractivity contribution in [1.82, 2.24) is 5.32 Å². The molecule has 98 valence electrons. The van der Waals surface area contributed by atoms with Gasteiger partial charge in [0.25, 0.3) is 0 Å². The fourth-order valence-electron chi connectivity index (χ4n) is 1.92. The number of carbonyl (C=O) groups excluding carboxylic acids is 1. The standard InChI is InChI=1S/C13H17ClN2O2/c1-9-6-11(14)2-3-12(9)16-13(17)15-7-10-4-5-18-8-10/h2-3,6,10H,4-5,7-8H2,1H3,(H2,15,16,17). The Balaban J connectivity index is 1.82. The lowest BCUT2D eigenvalue weighted by Gasteiger charge is -2.12. The van der Waals surface area contributed by atoms with Crippen LogP contribution in [0, 0.1) is 12.8 Å². The molecule has 4 nitrogen and oxygen atoms in total. The summed E-state index contributed by atoms with van der Waals surface area (Å²) in [4.78, 5) is 11.7. The van der Waals surface area contributed by atoms with Crippen molar-refractivity contribution in [1.29, 1.82) is 0 Å². The fourth-order valence-corrected chi connectivity index (χ4v) is 2.14. The van der Waals surface area contributed by atoms with E-state index < -0.39 is 0 Å². The second-order valence-electron chi connectivity index (χ2n) is 4.52. The quantitative estimate of drug-likeness (QED) is 0.886. The van der Waals surface area contributed by atoms with E-state index in [0.717, 1.165) is 30.9 Å². The van der Waals surface area contributed by atoms with Crippen molar-refractivity contribution in [3.63, 3.8) is 0 Å². The van der Waals surface area contributed by atoms with Crippen molar-refractivity contribution in [2.75, 3.05) is 25.1 Å². The second kappa shape index (κ2) is 6.07. The smallest absolute Gasteiger partial charge is 0.319 e. The van der Waals surface area contributed by atoms with Crippen molar-refractivity contribution in [3.05, 3.63) is 28.8 Å². The number of halogens is 1. The Hall–Kier alpha value is -1.26. The first-order valence-corrected chi connectivity index (χ1v) is 6.41. The topological polar surface area (TPSA) is 50.4 Å². The average molecular weight is 269 g/mol. The Labute approximate surface area is 112 Å². The summed E-state index contributed by atoms with van der Waals surface area (Å²) in [5.41, 5.74) is 1.72. The van der Waals surface area contributed by atoms with Crippen LogP contribution >= 0.6 is 11.6 Å². The SMILES string of the molecule is Cc1cc(Cl)ccc1NC(=O)NCC1CCOC1. The summed E-state index contributed by atoms with van der Waals surface area (Å²) in [6.07, 6.45) is 1.01. The Kier molecular flexibility index (Phi) is 4.44. The monoisotopic (exact) mass is 268 g/mol. The third kappa shape index (κ3) is 3.62. The molecule has 1 unspecified atom stereocenters. The number of anilines is 1. The molecule has 1 aromatic carbocycles. The largest absolute Gasteiger partial charge is 0.381 e. The van der Waals surface area contributed by atoms with Crippen molar-refractivity contribution in [2.45, 2.75) is 13.3 Å². The zero-order chi connectivity index (χ0) is 13.0. The van der Waals surface area contributed by atoms with Crippen molar-refractivity contribution < 1.29 is 9.53 Å². The van der Waals surface area contributed by atoms with Crippen LogP contribution in [0.15, 0.2) is 18.2 Å². The molecule has 1 fully saturated rings. The lowest BCUT2D eigenvalue weighted by molar-refractivity contribution is 0.185. The molecule has 0 spiro atoms. The van der Waals surface area contributed by atoms with Gasteiger partial charge in [0.1, 0.15) is 0 Å². The molecule has 2 amide bonds. The molecule has 0 saturated carbocycles. The highest BCUT2D eigenvalue weighted by molar-refractivity contribution is 6.30. The molecule has 18 heavy (non-hydrogen) atoms. The molecule has 1 aliphatic heterocycles. The maximum Gasteiger partial charge on any atom is 0.319 e. The van der Waals surface area contributed by atoms with E-state index in [1.165, 1.54) is 0 Å². The number of ether oxygens (including phenoxy) is 1. The molecule has 1 aliphatic rings. The molecular weight excluding hydrogens is 252 g/mol. The van der Waals surface area contributed by atoms with E-state index in [1.807, 2.05) is 13.0 Å². The predicted octanol–water partition coefficient (Wildman–Crippen LogP) is 2.81. The Morgan fingerprint density at radius 2 is 2.39 bits per heavy atom. The van der Waals surface area contributed by atoms with E-state index in [0.29, 0.717) is 17.5 Å². The number of rotatable bonds is 3. The number of benzene rings is 1. The van der Waals surface area contributed by atoms with Gasteiger partial charge in [0.15, 0.2) is 0 Å². The summed E-state index contributed by atoms with van der Waals surface area (Å²) in [6, 6.07) is 5.19. The van der Waals surface area contributed by atoms with Gasteiger partial charge in [-0.25, -0.2) is 4.79 Å². The molecule has 0 aliphatic carbocycles. The highest BCUT2D eigenvalue weighted by Crippen LogP contribution is 2.19. The van der Waals surface area contributed by atoms with Gasteiger partial charge >= 0.3 is 6.03 Å². The maximum atomic E-state index is 11.7. The Bertz CT molecular complexity index is 431. The van der Waals surface area contributed by atoms with Crippen LogP contribution in [0.3, 0.4) is 0 Å². The van der Waals surface area contributed by atoms with E-state index in [4.69, 9.17) is 16.3 Å². The van der Waals surface area contributed by atoms with Crippen LogP contribution in [-0.4, -0.2) is 25.8 Å². The van der Waals surface area contributed by atoms with Crippen LogP contribution in [0.5, 0.6) is 0 Å². The van der Waals surface area contributed by atoms with Crippen molar-refractivity contribution in [3.8, 4) is 0 Å². The Morgan fingerprint density at radius 1 is 1.56 bits per heavy atom.